The highest BCUT2D eigenvalue weighted by Crippen LogP contribution is 2.46. The number of esters is 1. The predicted octanol–water partition coefficient (Wildman–Crippen LogP) is 4.10. The lowest BCUT2D eigenvalue weighted by Gasteiger charge is -2.51. The first-order valence-corrected chi connectivity index (χ1v) is 12.7. The quantitative estimate of drug-likeness (QED) is 0.468. The van der Waals surface area contributed by atoms with E-state index >= 15 is 0 Å². The summed E-state index contributed by atoms with van der Waals surface area (Å²) < 4.78 is 4.74. The van der Waals surface area contributed by atoms with Gasteiger partial charge in [-0.15, -0.1) is 0 Å². The number of carbonyl (C=O) groups excluding carboxylic acids is 3. The van der Waals surface area contributed by atoms with Gasteiger partial charge < -0.3 is 25.4 Å². The fraction of sp³-hybridized carbons (Fsp3) is 0.464. The Bertz CT molecular complexity index is 1130. The molecule has 200 valence electrons. The summed E-state index contributed by atoms with van der Waals surface area (Å²) >= 11 is 6.03. The number of nitrogens with zero attached hydrogens (tertiary/aromatic N) is 1. The largest absolute Gasteiger partial charge is 0.465 e. The molecular weight excluding hydrogens is 494 g/mol. The number of benzene rings is 2. The molecule has 1 aliphatic rings. The second-order valence-corrected chi connectivity index (χ2v) is 10.9. The highest BCUT2D eigenvalue weighted by Gasteiger charge is 2.50. The Morgan fingerprint density at radius 2 is 1.81 bits per heavy atom. The van der Waals surface area contributed by atoms with Crippen molar-refractivity contribution in [3.63, 3.8) is 0 Å². The number of urea groups is 1. The molecule has 1 saturated heterocycles. The normalized spacial score (nSPS) is 19.7. The lowest BCUT2D eigenvalue weighted by Crippen LogP contribution is -2.61. The molecule has 2 atom stereocenters. The van der Waals surface area contributed by atoms with Gasteiger partial charge in [0.1, 0.15) is 6.04 Å². The average Bonchev–Trinajstić information content (AvgIpc) is 2.87. The summed E-state index contributed by atoms with van der Waals surface area (Å²) in [5.74, 6) is -0.797. The number of likely N-dealkylation sites (tertiary alicyclic amines) is 1. The third-order valence-corrected chi connectivity index (χ3v) is 7.36. The van der Waals surface area contributed by atoms with Crippen LogP contribution in [-0.2, 0) is 21.7 Å². The van der Waals surface area contributed by atoms with Crippen LogP contribution in [0.3, 0.4) is 0 Å². The Balaban J connectivity index is 1.65. The molecule has 0 saturated carbocycles. The molecule has 1 heterocycles. The number of nitrogens with one attached hydrogen (secondary N) is 2. The highest BCUT2D eigenvalue weighted by atomic mass is 35.5. The van der Waals surface area contributed by atoms with Gasteiger partial charge in [0.2, 0.25) is 5.91 Å². The molecule has 0 aromatic heterocycles. The van der Waals surface area contributed by atoms with Gasteiger partial charge in [-0.2, -0.15) is 0 Å². The molecule has 0 bridgehead atoms. The Morgan fingerprint density at radius 1 is 1.14 bits per heavy atom. The van der Waals surface area contributed by atoms with Gasteiger partial charge in [-0.25, -0.2) is 9.59 Å². The fourth-order valence-corrected chi connectivity index (χ4v) is 4.91. The van der Waals surface area contributed by atoms with Crippen LogP contribution in [0.1, 0.15) is 55.6 Å². The molecule has 3 amide bonds. The van der Waals surface area contributed by atoms with Gasteiger partial charge >= 0.3 is 12.0 Å². The SMILES string of the molecule is COC(=O)c1cccc(CNC(=O)N[C@@H](C(=O)N2CC[C@](O)(c3ccc(Cl)cc3)C(C)(C)C2)C(C)C)c1. The predicted molar refractivity (Wildman–Crippen MR) is 142 cm³/mol. The number of carbonyl (C=O) groups is 3. The van der Waals surface area contributed by atoms with E-state index in [0.29, 0.717) is 30.1 Å². The minimum absolute atomic E-state index is 0.152. The van der Waals surface area contributed by atoms with E-state index in [1.54, 1.807) is 41.3 Å². The lowest BCUT2D eigenvalue weighted by atomic mass is 9.66. The molecule has 37 heavy (non-hydrogen) atoms. The van der Waals surface area contributed by atoms with Gasteiger partial charge in [0.25, 0.3) is 0 Å². The summed E-state index contributed by atoms with van der Waals surface area (Å²) in [7, 11) is 1.31. The number of ether oxygens (including phenoxy) is 1. The summed E-state index contributed by atoms with van der Waals surface area (Å²) in [6.45, 7) is 8.50. The van der Waals surface area contributed by atoms with E-state index in [-0.39, 0.29) is 18.4 Å². The van der Waals surface area contributed by atoms with Gasteiger partial charge in [-0.1, -0.05) is 63.6 Å². The van der Waals surface area contributed by atoms with Crippen LogP contribution in [0.15, 0.2) is 48.5 Å². The van der Waals surface area contributed by atoms with Gasteiger partial charge in [0.05, 0.1) is 18.3 Å². The lowest BCUT2D eigenvalue weighted by molar-refractivity contribution is -0.155. The van der Waals surface area contributed by atoms with E-state index in [2.05, 4.69) is 10.6 Å². The molecular formula is C28H36ClN3O5. The van der Waals surface area contributed by atoms with E-state index in [4.69, 9.17) is 16.3 Å². The number of hydrogen-bond acceptors (Lipinski definition) is 5. The summed E-state index contributed by atoms with van der Waals surface area (Å²) in [6, 6.07) is 12.7. The molecule has 2 aromatic carbocycles. The molecule has 0 unspecified atom stereocenters. The van der Waals surface area contributed by atoms with Crippen LogP contribution in [0.5, 0.6) is 0 Å². The minimum Gasteiger partial charge on any atom is -0.465 e. The van der Waals surface area contributed by atoms with Crippen LogP contribution in [-0.4, -0.2) is 54.2 Å². The molecule has 2 aromatic rings. The number of rotatable bonds is 7. The van der Waals surface area contributed by atoms with Crippen LogP contribution in [0, 0.1) is 11.3 Å². The number of aliphatic hydroxyl groups is 1. The van der Waals surface area contributed by atoms with Crippen LogP contribution in [0.25, 0.3) is 0 Å². The van der Waals surface area contributed by atoms with E-state index < -0.39 is 29.1 Å². The van der Waals surface area contributed by atoms with E-state index in [1.165, 1.54) is 7.11 Å². The first kappa shape index (κ1) is 28.5. The van der Waals surface area contributed by atoms with E-state index in [9.17, 15) is 19.5 Å². The zero-order chi connectivity index (χ0) is 27.4. The number of halogens is 1. The van der Waals surface area contributed by atoms with Crippen molar-refractivity contribution < 1.29 is 24.2 Å². The number of hydrogen-bond donors (Lipinski definition) is 3. The Labute approximate surface area is 223 Å². The molecule has 0 radical (unpaired) electrons. The standard InChI is InChI=1S/C28H36ClN3O5/c1-18(2)23(31-26(35)30-16-19-7-6-8-20(15-19)25(34)37-5)24(33)32-14-13-28(36,27(3,4)17-32)21-9-11-22(29)12-10-21/h6-12,15,18,23,36H,13-14,16-17H2,1-5H3,(H2,30,31,35)/t23-,28+/m1/s1. The third kappa shape index (κ3) is 6.43. The number of amides is 3. The first-order valence-electron chi connectivity index (χ1n) is 12.4. The Hall–Kier alpha value is -3.10. The number of methoxy groups -OCH3 is 1. The van der Waals surface area contributed by atoms with Crippen molar-refractivity contribution in [3.05, 3.63) is 70.2 Å². The molecule has 8 nitrogen and oxygen atoms in total. The van der Waals surface area contributed by atoms with Crippen LogP contribution >= 0.6 is 11.6 Å². The number of piperidine rings is 1. The van der Waals surface area contributed by atoms with Crippen molar-refractivity contribution in [2.24, 2.45) is 11.3 Å². The summed E-state index contributed by atoms with van der Waals surface area (Å²) in [5.41, 5.74) is 0.130. The zero-order valence-electron chi connectivity index (χ0n) is 22.0. The van der Waals surface area contributed by atoms with Crippen LogP contribution in [0.4, 0.5) is 4.79 Å². The third-order valence-electron chi connectivity index (χ3n) is 7.10. The summed E-state index contributed by atoms with van der Waals surface area (Å²) in [5, 5.41) is 17.8. The van der Waals surface area contributed by atoms with Gasteiger partial charge in [0, 0.05) is 30.1 Å². The monoisotopic (exact) mass is 529 g/mol. The molecule has 1 aliphatic heterocycles. The van der Waals surface area contributed by atoms with Crippen molar-refractivity contribution >= 4 is 29.5 Å². The fourth-order valence-electron chi connectivity index (χ4n) is 4.78. The van der Waals surface area contributed by atoms with Gasteiger partial charge in [0.15, 0.2) is 0 Å². The topological polar surface area (TPSA) is 108 Å². The molecule has 1 fully saturated rings. The zero-order valence-corrected chi connectivity index (χ0v) is 22.8. The Morgan fingerprint density at radius 3 is 2.41 bits per heavy atom. The van der Waals surface area contributed by atoms with Gasteiger partial charge in [-0.3, -0.25) is 4.79 Å². The molecule has 0 spiro atoms. The van der Waals surface area contributed by atoms with Crippen molar-refractivity contribution in [2.75, 3.05) is 20.2 Å². The average molecular weight is 530 g/mol. The second kappa shape index (κ2) is 11.5. The van der Waals surface area contributed by atoms with Crippen molar-refractivity contribution in [3.8, 4) is 0 Å². The van der Waals surface area contributed by atoms with Crippen LogP contribution in [0.2, 0.25) is 5.02 Å². The maximum Gasteiger partial charge on any atom is 0.337 e. The summed E-state index contributed by atoms with van der Waals surface area (Å²) in [4.78, 5) is 39.7. The van der Waals surface area contributed by atoms with E-state index in [0.717, 1.165) is 11.1 Å². The maximum atomic E-state index is 13.5. The minimum atomic E-state index is -1.12. The first-order chi connectivity index (χ1) is 17.4. The second-order valence-electron chi connectivity index (χ2n) is 10.5. The molecule has 0 aliphatic carbocycles. The Kier molecular flexibility index (Phi) is 8.87. The van der Waals surface area contributed by atoms with Crippen molar-refractivity contribution in [1.29, 1.82) is 0 Å². The highest BCUT2D eigenvalue weighted by molar-refractivity contribution is 6.30. The smallest absolute Gasteiger partial charge is 0.337 e. The molecule has 3 rings (SSSR count). The maximum absolute atomic E-state index is 13.5. The van der Waals surface area contributed by atoms with Crippen molar-refractivity contribution in [2.45, 2.75) is 52.3 Å². The summed E-state index contributed by atoms with van der Waals surface area (Å²) in [6.07, 6.45) is 0.362. The van der Waals surface area contributed by atoms with E-state index in [1.807, 2.05) is 39.8 Å². The van der Waals surface area contributed by atoms with Crippen molar-refractivity contribution in [1.82, 2.24) is 15.5 Å². The molecule has 9 heteroatoms. The van der Waals surface area contributed by atoms with Crippen LogP contribution < -0.4 is 10.6 Å². The molecule has 3 N–H and O–H groups in total. The van der Waals surface area contributed by atoms with Gasteiger partial charge in [-0.05, 0) is 47.7 Å².